The summed E-state index contributed by atoms with van der Waals surface area (Å²) >= 11 is 0. The molecule has 0 aromatic heterocycles. The highest BCUT2D eigenvalue weighted by molar-refractivity contribution is 6.07. The molecule has 0 aliphatic heterocycles. The summed E-state index contributed by atoms with van der Waals surface area (Å²) in [7, 11) is 3.86. The van der Waals surface area contributed by atoms with Gasteiger partial charge in [0.2, 0.25) is 0 Å². The molecular formula is C28H24N2O3. The summed E-state index contributed by atoms with van der Waals surface area (Å²) in [5.41, 5.74) is 3.84. The van der Waals surface area contributed by atoms with E-state index in [1.807, 2.05) is 79.7 Å². The monoisotopic (exact) mass is 436 g/mol. The zero-order chi connectivity index (χ0) is 23.2. The zero-order valence-corrected chi connectivity index (χ0v) is 18.5. The molecule has 0 saturated carbocycles. The van der Waals surface area contributed by atoms with E-state index in [1.54, 1.807) is 48.5 Å². The molecule has 0 aliphatic rings. The van der Waals surface area contributed by atoms with Gasteiger partial charge < -0.3 is 9.74 Å². The average molecular weight is 437 g/mol. The van der Waals surface area contributed by atoms with Crippen molar-refractivity contribution in [2.45, 2.75) is 0 Å². The van der Waals surface area contributed by atoms with E-state index >= 15 is 0 Å². The van der Waals surface area contributed by atoms with E-state index in [1.165, 1.54) is 0 Å². The van der Waals surface area contributed by atoms with E-state index in [9.17, 15) is 9.59 Å². The molecule has 1 amide bonds. The van der Waals surface area contributed by atoms with Crippen molar-refractivity contribution in [2.75, 3.05) is 24.1 Å². The molecule has 4 aromatic carbocycles. The van der Waals surface area contributed by atoms with Crippen molar-refractivity contribution in [1.82, 2.24) is 0 Å². The lowest BCUT2D eigenvalue weighted by Gasteiger charge is -2.22. The number of hydrogen-bond donors (Lipinski definition) is 0. The van der Waals surface area contributed by atoms with Gasteiger partial charge in [0.1, 0.15) is 0 Å². The maximum absolute atomic E-state index is 13.4. The third-order valence-corrected chi connectivity index (χ3v) is 5.21. The van der Waals surface area contributed by atoms with Gasteiger partial charge >= 0.3 is 5.97 Å². The number of nitrogens with zero attached hydrogens (tertiary/aromatic N) is 2. The molecule has 4 rings (SSSR count). The van der Waals surface area contributed by atoms with E-state index in [4.69, 9.17) is 4.84 Å². The van der Waals surface area contributed by atoms with Gasteiger partial charge in [0.15, 0.2) is 0 Å². The van der Waals surface area contributed by atoms with Crippen molar-refractivity contribution >= 4 is 23.3 Å². The number of carbonyl (C=O) groups is 2. The second-order valence-electron chi connectivity index (χ2n) is 7.67. The van der Waals surface area contributed by atoms with Gasteiger partial charge in [0, 0.05) is 25.3 Å². The predicted molar refractivity (Wildman–Crippen MR) is 131 cm³/mol. The molecule has 0 saturated heterocycles. The molecule has 4 aromatic rings. The van der Waals surface area contributed by atoms with Crippen LogP contribution in [0.5, 0.6) is 0 Å². The lowest BCUT2D eigenvalue weighted by molar-refractivity contribution is 0.0410. The van der Waals surface area contributed by atoms with Crippen molar-refractivity contribution in [1.29, 1.82) is 0 Å². The first-order valence-corrected chi connectivity index (χ1v) is 10.6. The Morgan fingerprint density at radius 2 is 1.21 bits per heavy atom. The highest BCUT2D eigenvalue weighted by atomic mass is 16.7. The molecule has 164 valence electrons. The SMILES string of the molecule is CN(C)c1ccc(C(=O)N(OC(=O)c2ccccc2-c2ccccc2)c2ccccc2)cc1. The molecule has 0 bridgehead atoms. The Morgan fingerprint density at radius 1 is 0.636 bits per heavy atom. The van der Waals surface area contributed by atoms with Gasteiger partial charge in [0.25, 0.3) is 5.91 Å². The summed E-state index contributed by atoms with van der Waals surface area (Å²) in [5, 5.41) is 1.05. The van der Waals surface area contributed by atoms with Crippen LogP contribution in [0, 0.1) is 0 Å². The Labute approximate surface area is 193 Å². The Hall–Kier alpha value is -4.38. The summed E-state index contributed by atoms with van der Waals surface area (Å²) in [4.78, 5) is 34.3. The van der Waals surface area contributed by atoms with Gasteiger partial charge in [-0.05, 0) is 53.6 Å². The van der Waals surface area contributed by atoms with E-state index in [0.29, 0.717) is 16.8 Å². The van der Waals surface area contributed by atoms with E-state index in [2.05, 4.69) is 0 Å². The Kier molecular flexibility index (Phi) is 6.51. The van der Waals surface area contributed by atoms with Gasteiger partial charge in [-0.25, -0.2) is 4.79 Å². The molecule has 0 fully saturated rings. The summed E-state index contributed by atoms with van der Waals surface area (Å²) in [6.45, 7) is 0. The highest BCUT2D eigenvalue weighted by Crippen LogP contribution is 2.26. The minimum absolute atomic E-state index is 0.375. The number of benzene rings is 4. The van der Waals surface area contributed by atoms with Crippen LogP contribution in [-0.2, 0) is 4.84 Å². The Bertz CT molecular complexity index is 1240. The summed E-state index contributed by atoms with van der Waals surface area (Å²) in [6, 6.07) is 32.8. The third kappa shape index (κ3) is 4.93. The van der Waals surface area contributed by atoms with Crippen LogP contribution in [-0.4, -0.2) is 26.0 Å². The highest BCUT2D eigenvalue weighted by Gasteiger charge is 2.25. The van der Waals surface area contributed by atoms with Crippen molar-refractivity contribution in [3.05, 3.63) is 120 Å². The second-order valence-corrected chi connectivity index (χ2v) is 7.67. The predicted octanol–water partition coefficient (Wildman–Crippen LogP) is 5.84. The van der Waals surface area contributed by atoms with Crippen molar-refractivity contribution in [2.24, 2.45) is 0 Å². The maximum Gasteiger partial charge on any atom is 0.364 e. The molecular weight excluding hydrogens is 412 g/mol. The van der Waals surface area contributed by atoms with Crippen LogP contribution in [0.15, 0.2) is 109 Å². The Morgan fingerprint density at radius 3 is 1.85 bits per heavy atom. The maximum atomic E-state index is 13.4. The number of rotatable bonds is 5. The first kappa shape index (κ1) is 21.8. The first-order valence-electron chi connectivity index (χ1n) is 10.6. The van der Waals surface area contributed by atoms with Crippen molar-refractivity contribution in [3.63, 3.8) is 0 Å². The molecule has 5 heteroatoms. The first-order chi connectivity index (χ1) is 16.0. The van der Waals surface area contributed by atoms with Crippen LogP contribution in [0.4, 0.5) is 11.4 Å². The number of anilines is 2. The molecule has 0 unspecified atom stereocenters. The van der Waals surface area contributed by atoms with Crippen molar-refractivity contribution < 1.29 is 14.4 Å². The normalized spacial score (nSPS) is 10.4. The van der Waals surface area contributed by atoms with Crippen LogP contribution in [0.25, 0.3) is 11.1 Å². The summed E-state index contributed by atoms with van der Waals surface area (Å²) in [5.74, 6) is -1.05. The molecule has 0 aliphatic carbocycles. The van der Waals surface area contributed by atoms with Gasteiger partial charge in [-0.3, -0.25) is 4.79 Å². The van der Waals surface area contributed by atoms with Gasteiger partial charge in [-0.15, -0.1) is 5.06 Å². The lowest BCUT2D eigenvalue weighted by Crippen LogP contribution is -2.34. The molecule has 0 atom stereocenters. The van der Waals surface area contributed by atoms with Gasteiger partial charge in [-0.1, -0.05) is 66.7 Å². The Balaban J connectivity index is 1.67. The van der Waals surface area contributed by atoms with Crippen LogP contribution >= 0.6 is 0 Å². The molecule has 5 nitrogen and oxygen atoms in total. The molecule has 0 N–H and O–H groups in total. The van der Waals surface area contributed by atoms with Gasteiger partial charge in [-0.2, -0.15) is 0 Å². The fourth-order valence-electron chi connectivity index (χ4n) is 3.46. The molecule has 0 heterocycles. The second kappa shape index (κ2) is 9.83. The number of carbonyl (C=O) groups excluding carboxylic acids is 2. The minimum atomic E-state index is -0.614. The van der Waals surface area contributed by atoms with Crippen molar-refractivity contribution in [3.8, 4) is 11.1 Å². The van der Waals surface area contributed by atoms with E-state index in [-0.39, 0.29) is 0 Å². The lowest BCUT2D eigenvalue weighted by atomic mass is 10.00. The fourth-order valence-corrected chi connectivity index (χ4v) is 3.46. The number of hydrogen-bond acceptors (Lipinski definition) is 4. The van der Waals surface area contributed by atoms with E-state index < -0.39 is 11.9 Å². The molecule has 33 heavy (non-hydrogen) atoms. The van der Waals surface area contributed by atoms with Crippen LogP contribution in [0.2, 0.25) is 0 Å². The topological polar surface area (TPSA) is 49.9 Å². The summed E-state index contributed by atoms with van der Waals surface area (Å²) < 4.78 is 0. The number of amides is 1. The largest absolute Gasteiger partial charge is 0.378 e. The zero-order valence-electron chi connectivity index (χ0n) is 18.5. The quantitative estimate of drug-likeness (QED) is 0.369. The molecule has 0 spiro atoms. The smallest absolute Gasteiger partial charge is 0.364 e. The van der Waals surface area contributed by atoms with E-state index in [0.717, 1.165) is 21.9 Å². The van der Waals surface area contributed by atoms with Gasteiger partial charge in [0.05, 0.1) is 11.3 Å². The third-order valence-electron chi connectivity index (χ3n) is 5.21. The standard InChI is InChI=1S/C28H24N2O3/c1-29(2)23-19-17-22(18-20-23)27(31)30(24-13-7-4-8-14-24)33-28(32)26-16-10-9-15-25(26)21-11-5-3-6-12-21/h3-20H,1-2H3. The van der Waals surface area contributed by atoms with Crippen LogP contribution in [0.1, 0.15) is 20.7 Å². The molecule has 0 radical (unpaired) electrons. The van der Waals surface area contributed by atoms with Crippen LogP contribution < -0.4 is 9.96 Å². The number of hydroxylamine groups is 1. The fraction of sp³-hybridized carbons (Fsp3) is 0.0714. The van der Waals surface area contributed by atoms with Crippen LogP contribution in [0.3, 0.4) is 0 Å². The number of para-hydroxylation sites is 1. The minimum Gasteiger partial charge on any atom is -0.378 e. The summed E-state index contributed by atoms with van der Waals surface area (Å²) in [6.07, 6.45) is 0. The average Bonchev–Trinajstić information content (AvgIpc) is 2.88.